The number of rotatable bonds is 9. The summed E-state index contributed by atoms with van der Waals surface area (Å²) in [6, 6.07) is 18.1. The molecule has 0 unspecified atom stereocenters. The molecule has 0 heterocycles. The Morgan fingerprint density at radius 1 is 0.878 bits per heavy atom. The second-order valence-electron chi connectivity index (χ2n) is 10.1. The number of alkyl halides is 3. The van der Waals surface area contributed by atoms with E-state index < -0.39 is 42.5 Å². The fourth-order valence-corrected chi connectivity index (χ4v) is 3.64. The summed E-state index contributed by atoms with van der Waals surface area (Å²) in [7, 11) is 0. The van der Waals surface area contributed by atoms with E-state index in [0.29, 0.717) is 16.8 Å². The lowest BCUT2D eigenvalue weighted by molar-refractivity contribution is -0.274. The monoisotopic (exact) mass is 570 g/mol. The number of carbonyl (C=O) groups is 3. The molecule has 0 saturated carbocycles. The SMILES string of the molecule is CC(C)(C)c1ccc(NC(=O)C(=Cc2ccc(C(=O)NC[C@@H](O)C(=O)O)cc2)c2ccc(OC(F)(F)F)cc2)cc1. The van der Waals surface area contributed by atoms with Crippen molar-refractivity contribution in [3.63, 3.8) is 0 Å². The third-order valence-electron chi connectivity index (χ3n) is 5.88. The van der Waals surface area contributed by atoms with E-state index in [4.69, 9.17) is 5.11 Å². The number of carbonyl (C=O) groups excluding carboxylic acids is 2. The van der Waals surface area contributed by atoms with Crippen molar-refractivity contribution < 1.29 is 42.5 Å². The Hall–Kier alpha value is -4.64. The van der Waals surface area contributed by atoms with E-state index in [2.05, 4.69) is 36.1 Å². The molecule has 0 bridgehead atoms. The van der Waals surface area contributed by atoms with E-state index in [9.17, 15) is 32.7 Å². The minimum atomic E-state index is -4.86. The molecule has 3 aromatic carbocycles. The summed E-state index contributed by atoms with van der Waals surface area (Å²) >= 11 is 0. The number of amides is 2. The highest BCUT2D eigenvalue weighted by Gasteiger charge is 2.31. The molecule has 0 radical (unpaired) electrons. The van der Waals surface area contributed by atoms with Gasteiger partial charge in [0.1, 0.15) is 5.75 Å². The van der Waals surface area contributed by atoms with Crippen molar-refractivity contribution >= 4 is 35.1 Å². The van der Waals surface area contributed by atoms with Crippen molar-refractivity contribution in [1.29, 1.82) is 0 Å². The Bertz CT molecular complexity index is 1410. The first-order valence-corrected chi connectivity index (χ1v) is 12.4. The van der Waals surface area contributed by atoms with Gasteiger partial charge in [-0.25, -0.2) is 4.79 Å². The van der Waals surface area contributed by atoms with Crippen LogP contribution in [0.25, 0.3) is 11.6 Å². The summed E-state index contributed by atoms with van der Waals surface area (Å²) in [5, 5.41) is 23.2. The molecule has 216 valence electrons. The fourth-order valence-electron chi connectivity index (χ4n) is 3.64. The number of hydrogen-bond acceptors (Lipinski definition) is 5. The number of ether oxygens (including phenoxy) is 1. The summed E-state index contributed by atoms with van der Waals surface area (Å²) in [6.45, 7) is 5.69. The predicted molar refractivity (Wildman–Crippen MR) is 147 cm³/mol. The Balaban J connectivity index is 1.88. The third kappa shape index (κ3) is 9.21. The van der Waals surface area contributed by atoms with Gasteiger partial charge in [-0.3, -0.25) is 9.59 Å². The van der Waals surface area contributed by atoms with E-state index >= 15 is 0 Å². The van der Waals surface area contributed by atoms with Gasteiger partial charge in [0.15, 0.2) is 6.10 Å². The normalized spacial score (nSPS) is 12.8. The van der Waals surface area contributed by atoms with E-state index in [1.165, 1.54) is 42.5 Å². The summed E-state index contributed by atoms with van der Waals surface area (Å²) < 4.78 is 41.8. The summed E-state index contributed by atoms with van der Waals surface area (Å²) in [4.78, 5) is 36.4. The summed E-state index contributed by atoms with van der Waals surface area (Å²) in [6.07, 6.45) is -5.11. The summed E-state index contributed by atoms with van der Waals surface area (Å²) in [5.41, 5.74) is 2.61. The zero-order chi connectivity index (χ0) is 30.4. The molecule has 2 amide bonds. The molecular formula is C30H29F3N2O6. The first-order valence-electron chi connectivity index (χ1n) is 12.4. The zero-order valence-corrected chi connectivity index (χ0v) is 22.5. The molecule has 0 aliphatic carbocycles. The number of aliphatic hydroxyl groups excluding tert-OH is 1. The topological polar surface area (TPSA) is 125 Å². The smallest absolute Gasteiger partial charge is 0.479 e. The number of benzene rings is 3. The second kappa shape index (κ2) is 12.7. The molecule has 8 nitrogen and oxygen atoms in total. The van der Waals surface area contributed by atoms with Crippen molar-refractivity contribution in [3.05, 3.63) is 95.1 Å². The molecule has 0 aliphatic heterocycles. The van der Waals surface area contributed by atoms with Gasteiger partial charge in [-0.1, -0.05) is 57.2 Å². The average molecular weight is 571 g/mol. The number of carboxylic acid groups (broad SMARTS) is 1. The van der Waals surface area contributed by atoms with Crippen LogP contribution in [-0.2, 0) is 15.0 Å². The fraction of sp³-hybridized carbons (Fsp3) is 0.233. The molecule has 1 atom stereocenters. The third-order valence-corrected chi connectivity index (χ3v) is 5.88. The number of halogens is 3. The van der Waals surface area contributed by atoms with Crippen molar-refractivity contribution in [2.45, 2.75) is 38.7 Å². The van der Waals surface area contributed by atoms with Crippen LogP contribution in [0, 0.1) is 0 Å². The summed E-state index contributed by atoms with van der Waals surface area (Å²) in [5.74, 6) is -3.05. The van der Waals surface area contributed by atoms with Crippen molar-refractivity contribution in [2.75, 3.05) is 11.9 Å². The Morgan fingerprint density at radius 2 is 1.44 bits per heavy atom. The molecule has 0 aromatic heterocycles. The van der Waals surface area contributed by atoms with Crippen LogP contribution in [0.2, 0.25) is 0 Å². The van der Waals surface area contributed by atoms with Crippen LogP contribution in [0.15, 0.2) is 72.8 Å². The second-order valence-corrected chi connectivity index (χ2v) is 10.1. The van der Waals surface area contributed by atoms with Gasteiger partial charge in [-0.2, -0.15) is 0 Å². The lowest BCUT2D eigenvalue weighted by Gasteiger charge is -2.19. The van der Waals surface area contributed by atoms with Crippen LogP contribution < -0.4 is 15.4 Å². The molecule has 3 aromatic rings. The minimum absolute atomic E-state index is 0.0903. The van der Waals surface area contributed by atoms with Gasteiger partial charge in [0.2, 0.25) is 0 Å². The van der Waals surface area contributed by atoms with Crippen LogP contribution in [-0.4, -0.2) is 47.0 Å². The maximum absolute atomic E-state index is 13.4. The van der Waals surface area contributed by atoms with Crippen LogP contribution in [0.4, 0.5) is 18.9 Å². The first-order chi connectivity index (χ1) is 19.1. The number of aliphatic carboxylic acids is 1. The maximum atomic E-state index is 13.4. The lowest BCUT2D eigenvalue weighted by Crippen LogP contribution is -2.36. The molecule has 3 rings (SSSR count). The standard InChI is InChI=1S/C30H29F3N2O6/c1-29(2,3)21-10-12-22(13-11-21)35-27(38)24(19-8-14-23(15-9-19)41-30(31,32)33)16-18-4-6-20(7-5-18)26(37)34-17-25(36)28(39)40/h4-16,25,36H,17H2,1-3H3,(H,34,37)(H,35,38)(H,39,40)/t25-/m1/s1. The maximum Gasteiger partial charge on any atom is 0.573 e. The molecule has 0 fully saturated rings. The van der Waals surface area contributed by atoms with Crippen LogP contribution >= 0.6 is 0 Å². The van der Waals surface area contributed by atoms with Gasteiger partial charge in [-0.15, -0.1) is 13.2 Å². The molecular weight excluding hydrogens is 541 g/mol. The van der Waals surface area contributed by atoms with Crippen molar-refractivity contribution in [2.24, 2.45) is 0 Å². The van der Waals surface area contributed by atoms with Gasteiger partial charge in [-0.05, 0) is 64.6 Å². The van der Waals surface area contributed by atoms with Gasteiger partial charge >= 0.3 is 12.3 Å². The van der Waals surface area contributed by atoms with E-state index in [1.807, 2.05) is 12.1 Å². The van der Waals surface area contributed by atoms with Gasteiger partial charge < -0.3 is 25.6 Å². The minimum Gasteiger partial charge on any atom is -0.479 e. The number of hydrogen-bond donors (Lipinski definition) is 4. The predicted octanol–water partition coefficient (Wildman–Crippen LogP) is 5.24. The number of carboxylic acids is 1. The average Bonchev–Trinajstić information content (AvgIpc) is 2.90. The highest BCUT2D eigenvalue weighted by Crippen LogP contribution is 2.28. The first kappa shape index (κ1) is 30.9. The lowest BCUT2D eigenvalue weighted by atomic mass is 9.87. The van der Waals surface area contributed by atoms with E-state index in [0.717, 1.165) is 17.7 Å². The van der Waals surface area contributed by atoms with Gasteiger partial charge in [0.25, 0.3) is 11.8 Å². The van der Waals surface area contributed by atoms with Crippen molar-refractivity contribution in [1.82, 2.24) is 5.32 Å². The molecule has 11 heteroatoms. The van der Waals surface area contributed by atoms with Crippen LogP contribution in [0.5, 0.6) is 5.75 Å². The largest absolute Gasteiger partial charge is 0.573 e. The Labute approximate surface area is 234 Å². The highest BCUT2D eigenvalue weighted by molar-refractivity contribution is 6.29. The molecule has 0 aliphatic rings. The number of nitrogens with one attached hydrogen (secondary N) is 2. The number of anilines is 1. The molecule has 4 N–H and O–H groups in total. The quantitative estimate of drug-likeness (QED) is 0.206. The van der Waals surface area contributed by atoms with Crippen molar-refractivity contribution in [3.8, 4) is 5.75 Å². The van der Waals surface area contributed by atoms with Gasteiger partial charge in [0.05, 0.1) is 6.54 Å². The number of aliphatic hydroxyl groups is 1. The van der Waals surface area contributed by atoms with E-state index in [1.54, 1.807) is 12.1 Å². The van der Waals surface area contributed by atoms with Crippen LogP contribution in [0.1, 0.15) is 47.8 Å². The molecule has 0 saturated heterocycles. The highest BCUT2D eigenvalue weighted by atomic mass is 19.4. The Morgan fingerprint density at radius 3 is 1.95 bits per heavy atom. The van der Waals surface area contributed by atoms with E-state index in [-0.39, 0.29) is 16.6 Å². The Kier molecular flexibility index (Phi) is 9.56. The van der Waals surface area contributed by atoms with Gasteiger partial charge in [0, 0.05) is 16.8 Å². The molecule has 0 spiro atoms. The molecule has 41 heavy (non-hydrogen) atoms. The zero-order valence-electron chi connectivity index (χ0n) is 22.5. The van der Waals surface area contributed by atoms with Crippen LogP contribution in [0.3, 0.4) is 0 Å².